The molecule has 2 aliphatic heterocycles. The van der Waals surface area contributed by atoms with Gasteiger partial charge in [0.05, 0.1) is 0 Å². The van der Waals surface area contributed by atoms with Gasteiger partial charge in [0.2, 0.25) is 12.3 Å². The summed E-state index contributed by atoms with van der Waals surface area (Å²) in [5.74, 6) is -0.682. The Balaban J connectivity index is 2.04. The molecule has 1 atom stereocenters. The van der Waals surface area contributed by atoms with Crippen LogP contribution in [0.25, 0.3) is 0 Å². The van der Waals surface area contributed by atoms with E-state index in [1.165, 1.54) is 4.90 Å². The molecule has 0 saturated carbocycles. The van der Waals surface area contributed by atoms with Crippen LogP contribution in [-0.2, 0) is 9.59 Å². The number of likely N-dealkylation sites (tertiary alicyclic amines) is 2. The van der Waals surface area contributed by atoms with Gasteiger partial charge in [-0.3, -0.25) is 9.59 Å². The minimum atomic E-state index is -4.55. The second kappa shape index (κ2) is 4.36. The monoisotopic (exact) mass is 292 g/mol. The highest BCUT2D eigenvalue weighted by Crippen LogP contribution is 2.47. The minimum Gasteiger partial charge on any atom is -0.344 e. The third kappa shape index (κ3) is 2.07. The van der Waals surface area contributed by atoms with Gasteiger partial charge in [-0.05, 0) is 19.8 Å². The van der Waals surface area contributed by atoms with Crippen molar-refractivity contribution in [1.82, 2.24) is 9.80 Å². The summed E-state index contributed by atoms with van der Waals surface area (Å²) >= 11 is 0. The lowest BCUT2D eigenvalue weighted by atomic mass is 9.71. The highest BCUT2D eigenvalue weighted by molar-refractivity contribution is 5.83. The summed E-state index contributed by atoms with van der Waals surface area (Å²) in [6, 6.07) is 0. The number of halogens is 3. The summed E-state index contributed by atoms with van der Waals surface area (Å²) in [7, 11) is 0. The average Bonchev–Trinajstić information content (AvgIpc) is 2.62. The number of carbonyl (C=O) groups is 2. The fraction of sp³-hybridized carbons (Fsp3) is 0.846. The van der Waals surface area contributed by atoms with Crippen molar-refractivity contribution in [3.63, 3.8) is 0 Å². The van der Waals surface area contributed by atoms with Crippen LogP contribution in [0.2, 0.25) is 0 Å². The van der Waals surface area contributed by atoms with Crippen molar-refractivity contribution in [2.45, 2.75) is 26.9 Å². The zero-order valence-corrected chi connectivity index (χ0v) is 11.8. The van der Waals surface area contributed by atoms with Crippen molar-refractivity contribution in [2.75, 3.05) is 26.2 Å². The maximum absolute atomic E-state index is 12.9. The summed E-state index contributed by atoms with van der Waals surface area (Å²) in [5, 5.41) is 0. The normalized spacial score (nSPS) is 25.8. The molecule has 1 spiro atoms. The van der Waals surface area contributed by atoms with Crippen molar-refractivity contribution in [3.05, 3.63) is 0 Å². The third-order valence-electron chi connectivity index (χ3n) is 4.76. The molecule has 0 N–H and O–H groups in total. The van der Waals surface area contributed by atoms with Crippen LogP contribution in [0.4, 0.5) is 13.2 Å². The molecule has 0 aromatic heterocycles. The first-order valence-electron chi connectivity index (χ1n) is 6.59. The largest absolute Gasteiger partial charge is 0.402 e. The molecule has 0 aliphatic carbocycles. The van der Waals surface area contributed by atoms with Gasteiger partial charge in [0.1, 0.15) is 5.41 Å². The standard InChI is InChI=1S/C13H19F3N2O2/c1-9-4-17(8-19)5-12(9)6-18(7-12)10(20)11(2,3)13(14,15)16/h8-9H,4-7H2,1-3H3/t9-/m1/s1. The van der Waals surface area contributed by atoms with Crippen LogP contribution in [0.15, 0.2) is 0 Å². The number of amides is 2. The maximum Gasteiger partial charge on any atom is 0.402 e. The van der Waals surface area contributed by atoms with Gasteiger partial charge < -0.3 is 9.80 Å². The Morgan fingerprint density at radius 2 is 1.80 bits per heavy atom. The van der Waals surface area contributed by atoms with E-state index in [0.29, 0.717) is 26.2 Å². The number of carbonyl (C=O) groups excluding carboxylic acids is 2. The number of nitrogens with zero attached hydrogens (tertiary/aromatic N) is 2. The molecular formula is C13H19F3N2O2. The second-order valence-corrected chi connectivity index (χ2v) is 6.58. The van der Waals surface area contributed by atoms with Crippen LogP contribution in [0.5, 0.6) is 0 Å². The van der Waals surface area contributed by atoms with Crippen LogP contribution >= 0.6 is 0 Å². The smallest absolute Gasteiger partial charge is 0.344 e. The fourth-order valence-corrected chi connectivity index (χ4v) is 3.04. The van der Waals surface area contributed by atoms with Gasteiger partial charge in [0, 0.05) is 31.6 Å². The van der Waals surface area contributed by atoms with Gasteiger partial charge >= 0.3 is 6.18 Å². The molecule has 20 heavy (non-hydrogen) atoms. The topological polar surface area (TPSA) is 40.6 Å². The molecule has 2 heterocycles. The molecule has 7 heteroatoms. The lowest BCUT2D eigenvalue weighted by Crippen LogP contribution is -2.65. The Morgan fingerprint density at radius 3 is 2.20 bits per heavy atom. The molecule has 2 aliphatic rings. The third-order valence-corrected chi connectivity index (χ3v) is 4.76. The molecule has 0 aromatic carbocycles. The maximum atomic E-state index is 12.9. The number of alkyl halides is 3. The summed E-state index contributed by atoms with van der Waals surface area (Å²) in [4.78, 5) is 25.7. The van der Waals surface area contributed by atoms with Crippen molar-refractivity contribution in [2.24, 2.45) is 16.7 Å². The Kier molecular flexibility index (Phi) is 3.30. The molecule has 0 unspecified atom stereocenters. The van der Waals surface area contributed by atoms with Gasteiger partial charge in [-0.15, -0.1) is 0 Å². The van der Waals surface area contributed by atoms with E-state index in [1.54, 1.807) is 4.90 Å². The van der Waals surface area contributed by atoms with E-state index in [4.69, 9.17) is 0 Å². The molecule has 2 saturated heterocycles. The van der Waals surface area contributed by atoms with Crippen molar-refractivity contribution >= 4 is 12.3 Å². The van der Waals surface area contributed by atoms with Crippen LogP contribution in [0, 0.1) is 16.7 Å². The van der Waals surface area contributed by atoms with E-state index in [9.17, 15) is 22.8 Å². The van der Waals surface area contributed by atoms with Crippen LogP contribution in [0.1, 0.15) is 20.8 Å². The molecule has 2 rings (SSSR count). The number of rotatable bonds is 2. The quantitative estimate of drug-likeness (QED) is 0.724. The molecule has 0 aromatic rings. The summed E-state index contributed by atoms with van der Waals surface area (Å²) in [6.45, 7) is 5.53. The van der Waals surface area contributed by atoms with Crippen LogP contribution in [0.3, 0.4) is 0 Å². The molecule has 2 amide bonds. The minimum absolute atomic E-state index is 0.200. The van der Waals surface area contributed by atoms with E-state index in [-0.39, 0.29) is 11.3 Å². The first-order valence-corrected chi connectivity index (χ1v) is 6.59. The fourth-order valence-electron chi connectivity index (χ4n) is 3.04. The van der Waals surface area contributed by atoms with E-state index in [1.807, 2.05) is 6.92 Å². The first kappa shape index (κ1) is 15.1. The first-order chi connectivity index (χ1) is 9.03. The van der Waals surface area contributed by atoms with Crippen molar-refractivity contribution in [1.29, 1.82) is 0 Å². The molecular weight excluding hydrogens is 273 g/mol. The molecule has 114 valence electrons. The Morgan fingerprint density at radius 1 is 1.25 bits per heavy atom. The van der Waals surface area contributed by atoms with E-state index in [0.717, 1.165) is 20.3 Å². The molecule has 2 fully saturated rings. The van der Waals surface area contributed by atoms with Crippen molar-refractivity contribution in [3.8, 4) is 0 Å². The lowest BCUT2D eigenvalue weighted by Gasteiger charge is -2.52. The Labute approximate surface area is 115 Å². The molecule has 4 nitrogen and oxygen atoms in total. The number of hydrogen-bond donors (Lipinski definition) is 0. The van der Waals surface area contributed by atoms with Crippen LogP contribution < -0.4 is 0 Å². The Bertz CT molecular complexity index is 428. The van der Waals surface area contributed by atoms with E-state index < -0.39 is 17.5 Å². The van der Waals surface area contributed by atoms with E-state index in [2.05, 4.69) is 0 Å². The van der Waals surface area contributed by atoms with Gasteiger partial charge in [-0.25, -0.2) is 0 Å². The SMILES string of the molecule is C[C@@H]1CN(C=O)CC12CN(C(=O)C(C)(C)C(F)(F)F)C2. The van der Waals surface area contributed by atoms with E-state index >= 15 is 0 Å². The number of hydrogen-bond acceptors (Lipinski definition) is 2. The van der Waals surface area contributed by atoms with Gasteiger partial charge in [-0.1, -0.05) is 6.92 Å². The van der Waals surface area contributed by atoms with Gasteiger partial charge in [0.15, 0.2) is 0 Å². The zero-order valence-electron chi connectivity index (χ0n) is 11.8. The Hall–Kier alpha value is -1.27. The highest BCUT2D eigenvalue weighted by atomic mass is 19.4. The summed E-state index contributed by atoms with van der Waals surface area (Å²) in [6.07, 6.45) is -3.79. The summed E-state index contributed by atoms with van der Waals surface area (Å²) in [5.41, 5.74) is -2.58. The van der Waals surface area contributed by atoms with Crippen LogP contribution in [-0.4, -0.2) is 54.5 Å². The average molecular weight is 292 g/mol. The predicted octanol–water partition coefficient (Wildman–Crippen LogP) is 1.51. The molecule has 0 bridgehead atoms. The second-order valence-electron chi connectivity index (χ2n) is 6.58. The summed E-state index contributed by atoms with van der Waals surface area (Å²) < 4.78 is 38.6. The zero-order chi connectivity index (χ0) is 15.3. The molecule has 0 radical (unpaired) electrons. The van der Waals surface area contributed by atoms with Gasteiger partial charge in [0.25, 0.3) is 0 Å². The predicted molar refractivity (Wildman–Crippen MR) is 65.7 cm³/mol. The lowest BCUT2D eigenvalue weighted by molar-refractivity contribution is -0.223. The highest BCUT2D eigenvalue weighted by Gasteiger charge is 2.60. The van der Waals surface area contributed by atoms with Gasteiger partial charge in [-0.2, -0.15) is 13.2 Å². The van der Waals surface area contributed by atoms with Crippen molar-refractivity contribution < 1.29 is 22.8 Å².